The molecular formula is C14H17NO5. The van der Waals surface area contributed by atoms with Gasteiger partial charge >= 0.3 is 12.1 Å². The van der Waals surface area contributed by atoms with E-state index in [2.05, 4.69) is 5.32 Å². The zero-order valence-electron chi connectivity index (χ0n) is 11.0. The van der Waals surface area contributed by atoms with Gasteiger partial charge in [-0.2, -0.15) is 0 Å². The molecule has 1 amide bonds. The number of hydrogen-bond donors (Lipinski definition) is 2. The molecule has 1 rings (SSSR count). The summed E-state index contributed by atoms with van der Waals surface area (Å²) in [5.74, 6) is -0.929. The van der Waals surface area contributed by atoms with Gasteiger partial charge in [-0.25, -0.2) is 4.79 Å². The third-order valence-corrected chi connectivity index (χ3v) is 2.59. The fourth-order valence-electron chi connectivity index (χ4n) is 1.56. The average Bonchev–Trinajstić information content (AvgIpc) is 2.44. The Morgan fingerprint density at radius 2 is 2.00 bits per heavy atom. The number of aldehydes is 1. The van der Waals surface area contributed by atoms with Gasteiger partial charge in [0.05, 0.1) is 6.04 Å². The lowest BCUT2D eigenvalue weighted by molar-refractivity contribution is -0.137. The number of alkyl carbamates (subject to hydrolysis) is 1. The van der Waals surface area contributed by atoms with Crippen molar-refractivity contribution in [1.29, 1.82) is 0 Å². The molecule has 0 saturated heterocycles. The lowest BCUT2D eigenvalue weighted by Gasteiger charge is -2.12. The first kappa shape index (κ1) is 15.7. The minimum atomic E-state index is -0.929. The van der Waals surface area contributed by atoms with E-state index < -0.39 is 18.1 Å². The molecule has 2 N–H and O–H groups in total. The van der Waals surface area contributed by atoms with Crippen LogP contribution in [0, 0.1) is 0 Å². The van der Waals surface area contributed by atoms with Crippen molar-refractivity contribution in [1.82, 2.24) is 5.32 Å². The van der Waals surface area contributed by atoms with E-state index in [1.54, 1.807) is 0 Å². The number of ether oxygens (including phenoxy) is 1. The highest BCUT2D eigenvalue weighted by molar-refractivity contribution is 5.73. The minimum absolute atomic E-state index is 0.0366. The summed E-state index contributed by atoms with van der Waals surface area (Å²) in [4.78, 5) is 32.6. The summed E-state index contributed by atoms with van der Waals surface area (Å²) in [5, 5.41) is 10.9. The maximum absolute atomic E-state index is 11.5. The number of carboxylic acid groups (broad SMARTS) is 1. The van der Waals surface area contributed by atoms with Crippen molar-refractivity contribution in [2.75, 3.05) is 0 Å². The molecule has 0 spiro atoms. The second-order valence-corrected chi connectivity index (χ2v) is 4.23. The van der Waals surface area contributed by atoms with Crippen LogP contribution in [-0.4, -0.2) is 29.5 Å². The van der Waals surface area contributed by atoms with Gasteiger partial charge in [-0.05, 0) is 18.4 Å². The van der Waals surface area contributed by atoms with Crippen LogP contribution in [0.4, 0.5) is 4.79 Å². The van der Waals surface area contributed by atoms with Gasteiger partial charge in [0.15, 0.2) is 0 Å². The van der Waals surface area contributed by atoms with Gasteiger partial charge in [0.25, 0.3) is 0 Å². The number of benzene rings is 1. The van der Waals surface area contributed by atoms with Crippen molar-refractivity contribution in [2.24, 2.45) is 0 Å². The van der Waals surface area contributed by atoms with Crippen LogP contribution in [0.3, 0.4) is 0 Å². The van der Waals surface area contributed by atoms with Crippen molar-refractivity contribution in [3.05, 3.63) is 35.9 Å². The average molecular weight is 279 g/mol. The Balaban J connectivity index is 2.28. The number of aliphatic carboxylic acids is 1. The van der Waals surface area contributed by atoms with E-state index in [0.29, 0.717) is 12.7 Å². The Labute approximate surface area is 116 Å². The van der Waals surface area contributed by atoms with Gasteiger partial charge in [-0.1, -0.05) is 30.3 Å². The topological polar surface area (TPSA) is 92.7 Å². The van der Waals surface area contributed by atoms with Crippen molar-refractivity contribution in [2.45, 2.75) is 31.9 Å². The SMILES string of the molecule is O=C[C@H](CCCC(=O)O)NC(=O)OCc1ccccc1. The lowest BCUT2D eigenvalue weighted by Crippen LogP contribution is -2.36. The van der Waals surface area contributed by atoms with Gasteiger partial charge in [0.2, 0.25) is 0 Å². The monoisotopic (exact) mass is 279 g/mol. The van der Waals surface area contributed by atoms with Crippen LogP contribution in [-0.2, 0) is 20.9 Å². The number of amides is 1. The third kappa shape index (κ3) is 6.53. The van der Waals surface area contributed by atoms with Gasteiger partial charge in [0.1, 0.15) is 12.9 Å². The Hall–Kier alpha value is -2.37. The molecule has 0 aliphatic carbocycles. The third-order valence-electron chi connectivity index (χ3n) is 2.59. The van der Waals surface area contributed by atoms with E-state index in [4.69, 9.17) is 9.84 Å². The van der Waals surface area contributed by atoms with E-state index >= 15 is 0 Å². The van der Waals surface area contributed by atoms with Gasteiger partial charge in [-0.3, -0.25) is 4.79 Å². The van der Waals surface area contributed by atoms with Crippen LogP contribution in [0.2, 0.25) is 0 Å². The van der Waals surface area contributed by atoms with Crippen LogP contribution in [0.15, 0.2) is 30.3 Å². The first-order valence-corrected chi connectivity index (χ1v) is 6.26. The van der Waals surface area contributed by atoms with Crippen LogP contribution in [0.1, 0.15) is 24.8 Å². The largest absolute Gasteiger partial charge is 0.481 e. The highest BCUT2D eigenvalue weighted by Crippen LogP contribution is 2.02. The second kappa shape index (κ2) is 8.68. The molecule has 0 heterocycles. The zero-order valence-corrected chi connectivity index (χ0v) is 11.0. The molecule has 0 saturated carbocycles. The molecule has 1 aromatic carbocycles. The summed E-state index contributed by atoms with van der Waals surface area (Å²) in [6, 6.07) is 8.42. The molecule has 0 fully saturated rings. The Bertz CT molecular complexity index is 446. The molecule has 1 aromatic rings. The van der Waals surface area contributed by atoms with Crippen LogP contribution < -0.4 is 5.32 Å². The highest BCUT2D eigenvalue weighted by atomic mass is 16.5. The van der Waals surface area contributed by atoms with Gasteiger partial charge in [0, 0.05) is 6.42 Å². The Kier molecular flexibility index (Phi) is 6.81. The lowest BCUT2D eigenvalue weighted by atomic mass is 10.1. The summed E-state index contributed by atoms with van der Waals surface area (Å²) in [5.41, 5.74) is 0.844. The van der Waals surface area contributed by atoms with Crippen molar-refractivity contribution in [3.63, 3.8) is 0 Å². The summed E-state index contributed by atoms with van der Waals surface area (Å²) < 4.78 is 4.96. The highest BCUT2D eigenvalue weighted by Gasteiger charge is 2.12. The van der Waals surface area contributed by atoms with E-state index in [0.717, 1.165) is 5.56 Å². The molecule has 6 nitrogen and oxygen atoms in total. The number of nitrogens with one attached hydrogen (secondary N) is 1. The molecule has 0 radical (unpaired) electrons. The Morgan fingerprint density at radius 1 is 1.30 bits per heavy atom. The van der Waals surface area contributed by atoms with Crippen LogP contribution >= 0.6 is 0 Å². The standard InChI is InChI=1S/C14H17NO5/c16-9-12(7-4-8-13(17)18)15-14(19)20-10-11-5-2-1-3-6-11/h1-3,5-6,9,12H,4,7-8,10H2,(H,15,19)(H,17,18)/t12-/m0/s1. The molecule has 108 valence electrons. The molecule has 0 bridgehead atoms. The first-order valence-electron chi connectivity index (χ1n) is 6.26. The molecule has 0 aromatic heterocycles. The first-order chi connectivity index (χ1) is 9.61. The molecule has 0 aliphatic rings. The fraction of sp³-hybridized carbons (Fsp3) is 0.357. The number of rotatable bonds is 8. The van der Waals surface area contributed by atoms with Crippen molar-refractivity contribution >= 4 is 18.3 Å². The molecular weight excluding hydrogens is 262 g/mol. The molecule has 6 heteroatoms. The smallest absolute Gasteiger partial charge is 0.408 e. The predicted octanol–water partition coefficient (Wildman–Crippen LogP) is 1.74. The molecule has 0 aliphatic heterocycles. The van der Waals surface area contributed by atoms with Crippen molar-refractivity contribution in [3.8, 4) is 0 Å². The second-order valence-electron chi connectivity index (χ2n) is 4.23. The molecule has 20 heavy (non-hydrogen) atoms. The van der Waals surface area contributed by atoms with E-state index in [1.165, 1.54) is 0 Å². The van der Waals surface area contributed by atoms with Gasteiger partial charge < -0.3 is 20.0 Å². The van der Waals surface area contributed by atoms with Crippen molar-refractivity contribution < 1.29 is 24.2 Å². The number of carboxylic acids is 1. The van der Waals surface area contributed by atoms with E-state index in [-0.39, 0.29) is 19.4 Å². The summed E-state index contributed by atoms with van der Waals surface area (Å²) in [6.07, 6.45) is 0.436. The maximum Gasteiger partial charge on any atom is 0.408 e. The van der Waals surface area contributed by atoms with E-state index in [1.807, 2.05) is 30.3 Å². The Morgan fingerprint density at radius 3 is 2.60 bits per heavy atom. The normalized spacial score (nSPS) is 11.4. The van der Waals surface area contributed by atoms with E-state index in [9.17, 15) is 14.4 Å². The number of carbonyl (C=O) groups excluding carboxylic acids is 2. The predicted molar refractivity (Wildman–Crippen MR) is 71.1 cm³/mol. The van der Waals surface area contributed by atoms with Gasteiger partial charge in [-0.15, -0.1) is 0 Å². The molecule has 0 unspecified atom stereocenters. The number of hydrogen-bond acceptors (Lipinski definition) is 4. The van der Waals surface area contributed by atoms with Crippen LogP contribution in [0.5, 0.6) is 0 Å². The maximum atomic E-state index is 11.5. The summed E-state index contributed by atoms with van der Waals surface area (Å²) in [7, 11) is 0. The fourth-order valence-corrected chi connectivity index (χ4v) is 1.56. The summed E-state index contributed by atoms with van der Waals surface area (Å²) >= 11 is 0. The summed E-state index contributed by atoms with van der Waals surface area (Å²) in [6.45, 7) is 0.118. The number of carbonyl (C=O) groups is 3. The zero-order chi connectivity index (χ0) is 14.8. The molecule has 1 atom stereocenters. The van der Waals surface area contributed by atoms with Crippen LogP contribution in [0.25, 0.3) is 0 Å². The quantitative estimate of drug-likeness (QED) is 0.707. The minimum Gasteiger partial charge on any atom is -0.481 e.